The molecule has 2 atom stereocenters. The minimum absolute atomic E-state index is 0.0119. The standard InChI is InChI=1S/C16H19NO5S/c1-10-2-4-14(5-3-10)23(21,22)17-8-12-6-11(16(19)20)7-13(9-17)15(12)18/h2-5,11-13H,6-9H2,1H3,(H,19,20). The Bertz CT molecular complexity index is 722. The van der Waals surface area contributed by atoms with E-state index in [-0.39, 0.29) is 36.6 Å². The second-order valence-corrected chi connectivity index (χ2v) is 8.38. The molecule has 1 N–H and O–H groups in total. The monoisotopic (exact) mass is 337 g/mol. The number of fused-ring (bicyclic) bond motifs is 2. The molecule has 2 bridgehead atoms. The number of carbonyl (C=O) groups is 2. The van der Waals surface area contributed by atoms with Gasteiger partial charge in [-0.3, -0.25) is 9.59 Å². The summed E-state index contributed by atoms with van der Waals surface area (Å²) in [7, 11) is -3.65. The van der Waals surface area contributed by atoms with E-state index in [0.717, 1.165) is 5.56 Å². The van der Waals surface area contributed by atoms with Crippen LogP contribution >= 0.6 is 0 Å². The van der Waals surface area contributed by atoms with Gasteiger partial charge in [-0.2, -0.15) is 4.31 Å². The van der Waals surface area contributed by atoms with Crippen molar-refractivity contribution >= 4 is 21.8 Å². The van der Waals surface area contributed by atoms with Crippen LogP contribution in [0.25, 0.3) is 0 Å². The molecule has 1 saturated carbocycles. The minimum atomic E-state index is -3.65. The Balaban J connectivity index is 1.85. The molecule has 23 heavy (non-hydrogen) atoms. The molecule has 124 valence electrons. The van der Waals surface area contributed by atoms with Gasteiger partial charge in [-0.05, 0) is 31.9 Å². The van der Waals surface area contributed by atoms with Gasteiger partial charge in [0.25, 0.3) is 0 Å². The van der Waals surface area contributed by atoms with E-state index in [4.69, 9.17) is 5.11 Å². The first kappa shape index (κ1) is 16.1. The molecule has 0 spiro atoms. The zero-order valence-corrected chi connectivity index (χ0v) is 13.6. The van der Waals surface area contributed by atoms with Crippen LogP contribution in [0, 0.1) is 24.7 Å². The lowest BCUT2D eigenvalue weighted by atomic mass is 9.72. The second kappa shape index (κ2) is 5.72. The van der Waals surface area contributed by atoms with Crippen LogP contribution in [0.2, 0.25) is 0 Å². The van der Waals surface area contributed by atoms with Gasteiger partial charge in [-0.15, -0.1) is 0 Å². The number of carbonyl (C=O) groups excluding carboxylic acids is 1. The van der Waals surface area contributed by atoms with Crippen molar-refractivity contribution in [3.8, 4) is 0 Å². The highest BCUT2D eigenvalue weighted by Gasteiger charge is 2.46. The number of sulfonamides is 1. The number of nitrogens with zero attached hydrogens (tertiary/aromatic N) is 1. The van der Waals surface area contributed by atoms with Crippen molar-refractivity contribution in [2.24, 2.45) is 17.8 Å². The summed E-state index contributed by atoms with van der Waals surface area (Å²) in [6.07, 6.45) is 0.454. The van der Waals surface area contributed by atoms with Crippen LogP contribution in [0.1, 0.15) is 18.4 Å². The fraction of sp³-hybridized carbons (Fsp3) is 0.500. The van der Waals surface area contributed by atoms with E-state index in [1.54, 1.807) is 24.3 Å². The molecular weight excluding hydrogens is 318 g/mol. The van der Waals surface area contributed by atoms with Crippen LogP contribution < -0.4 is 0 Å². The molecule has 1 heterocycles. The van der Waals surface area contributed by atoms with E-state index < -0.39 is 33.7 Å². The fourth-order valence-electron chi connectivity index (χ4n) is 3.50. The first-order valence-electron chi connectivity index (χ1n) is 7.62. The molecule has 3 rings (SSSR count). The third-order valence-electron chi connectivity index (χ3n) is 4.80. The van der Waals surface area contributed by atoms with Gasteiger partial charge in [0.05, 0.1) is 10.8 Å². The Morgan fingerprint density at radius 2 is 1.65 bits per heavy atom. The van der Waals surface area contributed by atoms with Crippen molar-refractivity contribution in [2.45, 2.75) is 24.7 Å². The molecule has 2 unspecified atom stereocenters. The van der Waals surface area contributed by atoms with Gasteiger partial charge >= 0.3 is 5.97 Å². The van der Waals surface area contributed by atoms with Crippen molar-refractivity contribution in [3.63, 3.8) is 0 Å². The Morgan fingerprint density at radius 1 is 1.13 bits per heavy atom. The molecule has 1 saturated heterocycles. The highest BCUT2D eigenvalue weighted by molar-refractivity contribution is 7.89. The maximum absolute atomic E-state index is 12.8. The summed E-state index contributed by atoms with van der Waals surface area (Å²) < 4.78 is 26.8. The summed E-state index contributed by atoms with van der Waals surface area (Å²) in [4.78, 5) is 23.6. The predicted molar refractivity (Wildman–Crippen MR) is 82.3 cm³/mol. The molecule has 1 aromatic carbocycles. The highest BCUT2D eigenvalue weighted by Crippen LogP contribution is 2.37. The summed E-state index contributed by atoms with van der Waals surface area (Å²) in [5.74, 6) is -2.46. The van der Waals surface area contributed by atoms with Crippen molar-refractivity contribution in [1.29, 1.82) is 0 Å². The van der Waals surface area contributed by atoms with Gasteiger partial charge in [0.15, 0.2) is 0 Å². The van der Waals surface area contributed by atoms with Crippen molar-refractivity contribution in [2.75, 3.05) is 13.1 Å². The van der Waals surface area contributed by atoms with Gasteiger partial charge in [0.2, 0.25) is 10.0 Å². The van der Waals surface area contributed by atoms with Crippen molar-refractivity contribution in [3.05, 3.63) is 29.8 Å². The van der Waals surface area contributed by atoms with Crippen LogP contribution in [0.5, 0.6) is 0 Å². The number of hydrogen-bond donors (Lipinski definition) is 1. The van der Waals surface area contributed by atoms with E-state index in [2.05, 4.69) is 0 Å². The van der Waals surface area contributed by atoms with Crippen LogP contribution in [-0.4, -0.2) is 42.7 Å². The third kappa shape index (κ3) is 2.90. The van der Waals surface area contributed by atoms with Gasteiger partial charge < -0.3 is 5.11 Å². The summed E-state index contributed by atoms with van der Waals surface area (Å²) in [6, 6.07) is 6.61. The Hall–Kier alpha value is -1.73. The van der Waals surface area contributed by atoms with E-state index in [1.165, 1.54) is 4.31 Å². The number of ketones is 1. The van der Waals surface area contributed by atoms with Crippen molar-refractivity contribution < 1.29 is 23.1 Å². The lowest BCUT2D eigenvalue weighted by Gasteiger charge is -2.41. The highest BCUT2D eigenvalue weighted by atomic mass is 32.2. The van der Waals surface area contributed by atoms with Crippen LogP contribution in [-0.2, 0) is 19.6 Å². The van der Waals surface area contributed by atoms with Crippen molar-refractivity contribution in [1.82, 2.24) is 4.31 Å². The molecule has 0 aromatic heterocycles. The summed E-state index contributed by atoms with van der Waals surface area (Å²) in [6.45, 7) is 2.04. The number of rotatable bonds is 3. The first-order valence-corrected chi connectivity index (χ1v) is 9.06. The maximum atomic E-state index is 12.8. The predicted octanol–water partition coefficient (Wildman–Crippen LogP) is 1.30. The zero-order chi connectivity index (χ0) is 16.8. The Morgan fingerprint density at radius 3 is 2.13 bits per heavy atom. The Kier molecular flexibility index (Phi) is 4.01. The van der Waals surface area contributed by atoms with Crippen LogP contribution in [0.15, 0.2) is 29.2 Å². The minimum Gasteiger partial charge on any atom is -0.481 e. The largest absolute Gasteiger partial charge is 0.481 e. The molecule has 1 aliphatic heterocycles. The number of carboxylic acid groups (broad SMARTS) is 1. The smallest absolute Gasteiger partial charge is 0.306 e. The van der Waals surface area contributed by atoms with Gasteiger partial charge in [0.1, 0.15) is 5.78 Å². The fourth-order valence-corrected chi connectivity index (χ4v) is 5.03. The molecule has 2 aliphatic rings. The molecule has 2 fully saturated rings. The van der Waals surface area contributed by atoms with Crippen LogP contribution in [0.3, 0.4) is 0 Å². The average molecular weight is 337 g/mol. The topological polar surface area (TPSA) is 91.8 Å². The van der Waals surface area contributed by atoms with Gasteiger partial charge in [-0.25, -0.2) is 8.42 Å². The third-order valence-corrected chi connectivity index (χ3v) is 6.64. The van der Waals surface area contributed by atoms with E-state index in [0.29, 0.717) is 0 Å². The Labute approximate surface area is 135 Å². The van der Waals surface area contributed by atoms with Gasteiger partial charge in [0, 0.05) is 24.9 Å². The molecule has 1 aliphatic carbocycles. The number of benzene rings is 1. The number of aliphatic carboxylic acids is 1. The number of carboxylic acids is 1. The number of Topliss-reactive ketones (excluding diaryl/α,β-unsaturated/α-hetero) is 1. The molecule has 7 heteroatoms. The molecule has 1 aromatic rings. The zero-order valence-electron chi connectivity index (χ0n) is 12.8. The SMILES string of the molecule is Cc1ccc(S(=O)(=O)N2CC3CC(C(=O)O)CC(C2)C3=O)cc1. The van der Waals surface area contributed by atoms with E-state index in [1.807, 2.05) is 6.92 Å². The number of aryl methyl sites for hydroxylation is 1. The normalized spacial score (nSPS) is 28.6. The summed E-state index contributed by atoms with van der Waals surface area (Å²) >= 11 is 0. The molecule has 0 amide bonds. The lowest BCUT2D eigenvalue weighted by Crippen LogP contribution is -2.53. The number of hydrogen-bond acceptors (Lipinski definition) is 4. The molecule has 0 radical (unpaired) electrons. The van der Waals surface area contributed by atoms with E-state index >= 15 is 0 Å². The maximum Gasteiger partial charge on any atom is 0.306 e. The molecular formula is C16H19NO5S. The van der Waals surface area contributed by atoms with Crippen LogP contribution in [0.4, 0.5) is 0 Å². The quantitative estimate of drug-likeness (QED) is 0.897. The molecule has 6 nitrogen and oxygen atoms in total. The number of piperidine rings is 1. The average Bonchev–Trinajstić information content (AvgIpc) is 2.46. The van der Waals surface area contributed by atoms with E-state index in [9.17, 15) is 18.0 Å². The second-order valence-electron chi connectivity index (χ2n) is 6.44. The first-order chi connectivity index (χ1) is 10.8. The lowest BCUT2D eigenvalue weighted by molar-refractivity contribution is -0.148. The summed E-state index contributed by atoms with van der Waals surface area (Å²) in [5.41, 5.74) is 0.971. The van der Waals surface area contributed by atoms with Gasteiger partial charge in [-0.1, -0.05) is 17.7 Å². The summed E-state index contributed by atoms with van der Waals surface area (Å²) in [5, 5.41) is 9.17.